The van der Waals surface area contributed by atoms with Crippen LogP contribution in [0.3, 0.4) is 0 Å². The lowest BCUT2D eigenvalue weighted by Gasteiger charge is -2.06. The lowest BCUT2D eigenvalue weighted by molar-refractivity contribution is 0.102. The number of amides is 1. The predicted octanol–water partition coefficient (Wildman–Crippen LogP) is 2.52. The van der Waals surface area contributed by atoms with Crippen molar-refractivity contribution in [3.05, 3.63) is 48.4 Å². The highest BCUT2D eigenvalue weighted by molar-refractivity contribution is 6.02. The van der Waals surface area contributed by atoms with Crippen LogP contribution in [-0.4, -0.2) is 22.5 Å². The summed E-state index contributed by atoms with van der Waals surface area (Å²) < 4.78 is 5.48. The van der Waals surface area contributed by atoms with Gasteiger partial charge in [0.2, 0.25) is 5.88 Å². The molecule has 1 heterocycles. The molecule has 1 N–H and O–H groups in total. The average molecular weight is 269 g/mol. The third-order valence-electron chi connectivity index (χ3n) is 3.06. The number of anilines is 1. The molecule has 1 aliphatic rings. The molecule has 0 atom stereocenters. The average Bonchev–Trinajstić information content (AvgIpc) is 3.31. The molecule has 0 radical (unpaired) electrons. The minimum Gasteiger partial charge on any atom is -0.476 e. The maximum atomic E-state index is 11.9. The molecule has 0 spiro atoms. The fraction of sp³-hybridized carbons (Fsp3) is 0.267. The van der Waals surface area contributed by atoms with Gasteiger partial charge in [-0.2, -0.15) is 0 Å². The highest BCUT2D eigenvalue weighted by Gasteiger charge is 2.22. The van der Waals surface area contributed by atoms with Gasteiger partial charge < -0.3 is 10.1 Å². The minimum absolute atomic E-state index is 0.271. The van der Waals surface area contributed by atoms with E-state index in [0.29, 0.717) is 18.4 Å². The van der Waals surface area contributed by atoms with Gasteiger partial charge in [0.15, 0.2) is 0 Å². The number of ether oxygens (including phenoxy) is 1. The van der Waals surface area contributed by atoms with Crippen molar-refractivity contribution in [2.24, 2.45) is 5.92 Å². The van der Waals surface area contributed by atoms with E-state index in [1.54, 1.807) is 0 Å². The van der Waals surface area contributed by atoms with Crippen molar-refractivity contribution in [3.63, 3.8) is 0 Å². The largest absolute Gasteiger partial charge is 0.476 e. The lowest BCUT2D eigenvalue weighted by Crippen LogP contribution is -2.14. The maximum absolute atomic E-state index is 11.9. The first kappa shape index (κ1) is 12.6. The Kier molecular flexibility index (Phi) is 3.58. The topological polar surface area (TPSA) is 64.1 Å². The van der Waals surface area contributed by atoms with Crippen LogP contribution in [0.1, 0.15) is 23.3 Å². The number of benzene rings is 1. The van der Waals surface area contributed by atoms with Crippen molar-refractivity contribution in [3.8, 4) is 5.88 Å². The number of nitrogens with zero attached hydrogens (tertiary/aromatic N) is 2. The first-order valence-corrected chi connectivity index (χ1v) is 6.62. The van der Waals surface area contributed by atoms with Gasteiger partial charge in [0.1, 0.15) is 5.69 Å². The first-order chi connectivity index (χ1) is 9.81. The molecule has 1 fully saturated rings. The number of carbonyl (C=O) groups excluding carboxylic acids is 1. The van der Waals surface area contributed by atoms with Crippen LogP contribution in [0.15, 0.2) is 42.7 Å². The van der Waals surface area contributed by atoms with E-state index < -0.39 is 0 Å². The van der Waals surface area contributed by atoms with E-state index in [-0.39, 0.29) is 11.6 Å². The van der Waals surface area contributed by atoms with Crippen LogP contribution in [0.2, 0.25) is 0 Å². The van der Waals surface area contributed by atoms with Gasteiger partial charge in [0, 0.05) is 5.69 Å². The molecule has 2 aromatic rings. The summed E-state index contributed by atoms with van der Waals surface area (Å²) in [5.74, 6) is 0.850. The van der Waals surface area contributed by atoms with Crippen molar-refractivity contribution < 1.29 is 9.53 Å². The van der Waals surface area contributed by atoms with E-state index in [0.717, 1.165) is 5.69 Å². The van der Waals surface area contributed by atoms with E-state index in [1.807, 2.05) is 30.3 Å². The zero-order valence-electron chi connectivity index (χ0n) is 11.0. The monoisotopic (exact) mass is 269 g/mol. The number of carbonyl (C=O) groups is 1. The summed E-state index contributed by atoms with van der Waals surface area (Å²) in [6.07, 6.45) is 5.37. The Bertz CT molecular complexity index is 580. The number of rotatable bonds is 5. The Hall–Kier alpha value is -2.43. The van der Waals surface area contributed by atoms with Gasteiger partial charge >= 0.3 is 0 Å². The summed E-state index contributed by atoms with van der Waals surface area (Å²) in [6, 6.07) is 9.24. The summed E-state index contributed by atoms with van der Waals surface area (Å²) in [7, 11) is 0. The Morgan fingerprint density at radius 1 is 1.20 bits per heavy atom. The van der Waals surface area contributed by atoms with Crippen LogP contribution in [0.5, 0.6) is 5.88 Å². The summed E-state index contributed by atoms with van der Waals surface area (Å²) in [4.78, 5) is 20.1. The summed E-state index contributed by atoms with van der Waals surface area (Å²) in [5, 5.41) is 2.76. The van der Waals surface area contributed by atoms with Gasteiger partial charge in [-0.05, 0) is 30.9 Å². The standard InChI is InChI=1S/C15H15N3O2/c19-15(18-12-4-2-1-3-5-12)13-8-17-14(9-16-13)20-10-11-6-7-11/h1-5,8-9,11H,6-7,10H2,(H,18,19). The molecule has 5 heteroatoms. The van der Waals surface area contributed by atoms with Gasteiger partial charge in [-0.15, -0.1) is 0 Å². The number of para-hydroxylation sites is 1. The van der Waals surface area contributed by atoms with Gasteiger partial charge in [-0.3, -0.25) is 4.79 Å². The highest BCUT2D eigenvalue weighted by Crippen LogP contribution is 2.29. The Morgan fingerprint density at radius 2 is 2.00 bits per heavy atom. The highest BCUT2D eigenvalue weighted by atomic mass is 16.5. The molecule has 3 rings (SSSR count). The van der Waals surface area contributed by atoms with Crippen LogP contribution >= 0.6 is 0 Å². The molecule has 1 aliphatic carbocycles. The van der Waals surface area contributed by atoms with Crippen molar-refractivity contribution >= 4 is 11.6 Å². The zero-order valence-corrected chi connectivity index (χ0v) is 11.0. The number of aromatic nitrogens is 2. The van der Waals surface area contributed by atoms with E-state index in [9.17, 15) is 4.79 Å². The Morgan fingerprint density at radius 3 is 2.65 bits per heavy atom. The third-order valence-corrected chi connectivity index (χ3v) is 3.06. The quantitative estimate of drug-likeness (QED) is 0.905. The summed E-state index contributed by atoms with van der Waals surface area (Å²) >= 11 is 0. The molecule has 20 heavy (non-hydrogen) atoms. The van der Waals surface area contributed by atoms with E-state index in [4.69, 9.17) is 4.74 Å². The molecule has 0 aliphatic heterocycles. The van der Waals surface area contributed by atoms with E-state index in [1.165, 1.54) is 25.2 Å². The van der Waals surface area contributed by atoms with Crippen LogP contribution in [0.4, 0.5) is 5.69 Å². The molecule has 1 aromatic carbocycles. The van der Waals surface area contributed by atoms with Gasteiger partial charge in [0.05, 0.1) is 19.0 Å². The summed E-state index contributed by atoms with van der Waals surface area (Å²) in [6.45, 7) is 0.685. The van der Waals surface area contributed by atoms with E-state index >= 15 is 0 Å². The molecule has 1 amide bonds. The van der Waals surface area contributed by atoms with Crippen LogP contribution in [-0.2, 0) is 0 Å². The van der Waals surface area contributed by atoms with Crippen molar-refractivity contribution in [1.82, 2.24) is 9.97 Å². The number of nitrogens with one attached hydrogen (secondary N) is 1. The van der Waals surface area contributed by atoms with Crippen molar-refractivity contribution in [1.29, 1.82) is 0 Å². The van der Waals surface area contributed by atoms with Crippen molar-refractivity contribution in [2.45, 2.75) is 12.8 Å². The fourth-order valence-corrected chi connectivity index (χ4v) is 1.71. The molecule has 0 bridgehead atoms. The number of hydrogen-bond acceptors (Lipinski definition) is 4. The molecule has 102 valence electrons. The summed E-state index contributed by atoms with van der Waals surface area (Å²) in [5.41, 5.74) is 1.00. The molecular weight excluding hydrogens is 254 g/mol. The normalized spacial score (nSPS) is 13.8. The predicted molar refractivity (Wildman–Crippen MR) is 74.6 cm³/mol. The second-order valence-corrected chi connectivity index (χ2v) is 4.81. The second-order valence-electron chi connectivity index (χ2n) is 4.81. The minimum atomic E-state index is -0.280. The fourth-order valence-electron chi connectivity index (χ4n) is 1.71. The van der Waals surface area contributed by atoms with Crippen LogP contribution < -0.4 is 10.1 Å². The maximum Gasteiger partial charge on any atom is 0.275 e. The zero-order chi connectivity index (χ0) is 13.8. The van der Waals surface area contributed by atoms with Crippen LogP contribution in [0.25, 0.3) is 0 Å². The smallest absolute Gasteiger partial charge is 0.275 e. The Balaban J connectivity index is 1.59. The van der Waals surface area contributed by atoms with E-state index in [2.05, 4.69) is 15.3 Å². The van der Waals surface area contributed by atoms with Gasteiger partial charge in [-0.1, -0.05) is 18.2 Å². The second kappa shape index (κ2) is 5.69. The number of hydrogen-bond donors (Lipinski definition) is 1. The first-order valence-electron chi connectivity index (χ1n) is 6.62. The van der Waals surface area contributed by atoms with Gasteiger partial charge in [0.25, 0.3) is 5.91 Å². The molecular formula is C15H15N3O2. The SMILES string of the molecule is O=C(Nc1ccccc1)c1cnc(OCC2CC2)cn1. The van der Waals surface area contributed by atoms with Gasteiger partial charge in [-0.25, -0.2) is 9.97 Å². The van der Waals surface area contributed by atoms with Crippen LogP contribution in [0, 0.1) is 5.92 Å². The molecule has 1 saturated carbocycles. The lowest BCUT2D eigenvalue weighted by atomic mass is 10.3. The molecule has 0 saturated heterocycles. The molecule has 1 aromatic heterocycles. The van der Waals surface area contributed by atoms with Crippen molar-refractivity contribution in [2.75, 3.05) is 11.9 Å². The third kappa shape index (κ3) is 3.32. The molecule has 0 unspecified atom stereocenters. The Labute approximate surface area is 117 Å². The molecule has 5 nitrogen and oxygen atoms in total.